The summed E-state index contributed by atoms with van der Waals surface area (Å²) in [5.41, 5.74) is 0. The Labute approximate surface area is 111 Å². The molecule has 0 bridgehead atoms. The Morgan fingerprint density at radius 2 is 1.78 bits per heavy atom. The van der Waals surface area contributed by atoms with E-state index in [-0.39, 0.29) is 0 Å². The van der Waals surface area contributed by atoms with Crippen molar-refractivity contribution in [3.8, 4) is 0 Å². The summed E-state index contributed by atoms with van der Waals surface area (Å²) in [4.78, 5) is 2.52. The van der Waals surface area contributed by atoms with E-state index in [4.69, 9.17) is 4.42 Å². The molecule has 1 aliphatic heterocycles. The first kappa shape index (κ1) is 13.6. The van der Waals surface area contributed by atoms with Crippen LogP contribution in [-0.2, 0) is 13.1 Å². The second kappa shape index (κ2) is 6.95. The largest absolute Gasteiger partial charge is 0.463 e. The number of hydrogen-bond acceptors (Lipinski definition) is 3. The molecule has 0 unspecified atom stereocenters. The highest BCUT2D eigenvalue weighted by molar-refractivity contribution is 5.07. The van der Waals surface area contributed by atoms with Crippen molar-refractivity contribution in [2.75, 3.05) is 13.1 Å². The molecule has 1 aromatic heterocycles. The zero-order valence-corrected chi connectivity index (χ0v) is 11.7. The van der Waals surface area contributed by atoms with Crippen LogP contribution >= 0.6 is 0 Å². The van der Waals surface area contributed by atoms with E-state index in [0.717, 1.165) is 24.6 Å². The van der Waals surface area contributed by atoms with Crippen molar-refractivity contribution in [1.82, 2.24) is 10.2 Å². The monoisotopic (exact) mass is 250 g/mol. The molecule has 18 heavy (non-hydrogen) atoms. The molecular weight excluding hydrogens is 224 g/mol. The lowest BCUT2D eigenvalue weighted by atomic mass is 10.2. The highest BCUT2D eigenvalue weighted by Crippen LogP contribution is 2.15. The first-order valence-electron chi connectivity index (χ1n) is 7.27. The zero-order chi connectivity index (χ0) is 12.8. The van der Waals surface area contributed by atoms with E-state index in [9.17, 15) is 0 Å². The molecule has 0 saturated carbocycles. The van der Waals surface area contributed by atoms with E-state index in [1.165, 1.54) is 38.8 Å². The van der Waals surface area contributed by atoms with Gasteiger partial charge in [0.25, 0.3) is 0 Å². The molecule has 102 valence electrons. The Kier molecular flexibility index (Phi) is 5.26. The fourth-order valence-corrected chi connectivity index (χ4v) is 2.42. The van der Waals surface area contributed by atoms with E-state index >= 15 is 0 Å². The van der Waals surface area contributed by atoms with E-state index in [2.05, 4.69) is 36.2 Å². The summed E-state index contributed by atoms with van der Waals surface area (Å²) in [6, 6.07) is 4.73. The zero-order valence-electron chi connectivity index (χ0n) is 11.7. The molecule has 0 atom stereocenters. The Balaban J connectivity index is 1.81. The average molecular weight is 250 g/mol. The number of rotatable bonds is 5. The van der Waals surface area contributed by atoms with Gasteiger partial charge in [0.2, 0.25) is 0 Å². The molecule has 2 rings (SSSR count). The molecule has 1 fully saturated rings. The predicted octanol–water partition coefficient (Wildman–Crippen LogP) is 3.15. The molecule has 0 aromatic carbocycles. The summed E-state index contributed by atoms with van der Waals surface area (Å²) in [6.45, 7) is 8.56. The highest BCUT2D eigenvalue weighted by Gasteiger charge is 2.11. The maximum Gasteiger partial charge on any atom is 0.118 e. The molecule has 0 spiro atoms. The molecule has 1 saturated heterocycles. The van der Waals surface area contributed by atoms with Crippen molar-refractivity contribution in [1.29, 1.82) is 0 Å². The van der Waals surface area contributed by atoms with Gasteiger partial charge in [0, 0.05) is 6.04 Å². The molecule has 0 aliphatic carbocycles. The van der Waals surface area contributed by atoms with E-state index in [1.807, 2.05) is 0 Å². The Bertz CT molecular complexity index is 338. The molecule has 1 aliphatic rings. The minimum absolute atomic E-state index is 0.504. The Hall–Kier alpha value is -0.800. The molecule has 3 heteroatoms. The summed E-state index contributed by atoms with van der Waals surface area (Å²) < 4.78 is 5.87. The number of nitrogens with zero attached hydrogens (tertiary/aromatic N) is 1. The van der Waals surface area contributed by atoms with Crippen LogP contribution in [0.2, 0.25) is 0 Å². The topological polar surface area (TPSA) is 28.4 Å². The average Bonchev–Trinajstić information content (AvgIpc) is 2.62. The van der Waals surface area contributed by atoms with Crippen LogP contribution in [0.15, 0.2) is 16.5 Å². The third-order valence-electron chi connectivity index (χ3n) is 3.48. The fraction of sp³-hybridized carbons (Fsp3) is 0.733. The standard InChI is InChI=1S/C15H26N2O/c1-13(2)16-11-14-7-8-15(18-14)12-17-9-5-3-4-6-10-17/h7-8,13,16H,3-6,9-12H2,1-2H3. The molecule has 2 heterocycles. The Morgan fingerprint density at radius 1 is 1.11 bits per heavy atom. The van der Waals surface area contributed by atoms with Gasteiger partial charge in [-0.05, 0) is 38.1 Å². The maximum atomic E-state index is 5.87. The third-order valence-corrected chi connectivity index (χ3v) is 3.48. The predicted molar refractivity (Wildman–Crippen MR) is 74.4 cm³/mol. The lowest BCUT2D eigenvalue weighted by Crippen LogP contribution is -2.23. The normalized spacial score (nSPS) is 18.2. The summed E-state index contributed by atoms with van der Waals surface area (Å²) in [6.07, 6.45) is 5.45. The van der Waals surface area contributed by atoms with Crippen molar-refractivity contribution in [3.05, 3.63) is 23.7 Å². The van der Waals surface area contributed by atoms with E-state index < -0.39 is 0 Å². The second-order valence-corrected chi connectivity index (χ2v) is 5.59. The van der Waals surface area contributed by atoms with Crippen molar-refractivity contribution >= 4 is 0 Å². The van der Waals surface area contributed by atoms with Crippen LogP contribution in [0.3, 0.4) is 0 Å². The minimum Gasteiger partial charge on any atom is -0.463 e. The number of nitrogens with one attached hydrogen (secondary N) is 1. The summed E-state index contributed by atoms with van der Waals surface area (Å²) >= 11 is 0. The summed E-state index contributed by atoms with van der Waals surface area (Å²) in [7, 11) is 0. The minimum atomic E-state index is 0.504. The lowest BCUT2D eigenvalue weighted by Gasteiger charge is -2.17. The van der Waals surface area contributed by atoms with E-state index in [0.29, 0.717) is 6.04 Å². The van der Waals surface area contributed by atoms with Crippen LogP contribution in [0.5, 0.6) is 0 Å². The molecular formula is C15H26N2O. The number of likely N-dealkylation sites (tertiary alicyclic amines) is 1. The smallest absolute Gasteiger partial charge is 0.118 e. The van der Waals surface area contributed by atoms with Crippen LogP contribution in [-0.4, -0.2) is 24.0 Å². The first-order valence-corrected chi connectivity index (χ1v) is 7.27. The summed E-state index contributed by atoms with van der Waals surface area (Å²) in [5, 5.41) is 3.38. The fourth-order valence-electron chi connectivity index (χ4n) is 2.42. The van der Waals surface area contributed by atoms with Crippen LogP contribution < -0.4 is 5.32 Å². The van der Waals surface area contributed by atoms with E-state index in [1.54, 1.807) is 0 Å². The van der Waals surface area contributed by atoms with Gasteiger partial charge in [-0.2, -0.15) is 0 Å². The van der Waals surface area contributed by atoms with Gasteiger partial charge in [0.1, 0.15) is 11.5 Å². The SMILES string of the molecule is CC(C)NCc1ccc(CN2CCCCCC2)o1. The van der Waals surface area contributed by atoms with Gasteiger partial charge in [-0.3, -0.25) is 4.90 Å². The van der Waals surface area contributed by atoms with Crippen LogP contribution in [0.1, 0.15) is 51.1 Å². The van der Waals surface area contributed by atoms with Gasteiger partial charge in [0.05, 0.1) is 13.1 Å². The number of hydrogen-bond donors (Lipinski definition) is 1. The third kappa shape index (κ3) is 4.46. The van der Waals surface area contributed by atoms with Crippen molar-refractivity contribution in [2.45, 2.75) is 58.7 Å². The van der Waals surface area contributed by atoms with Crippen LogP contribution in [0, 0.1) is 0 Å². The van der Waals surface area contributed by atoms with Crippen LogP contribution in [0.4, 0.5) is 0 Å². The van der Waals surface area contributed by atoms with Gasteiger partial charge in [0.15, 0.2) is 0 Å². The van der Waals surface area contributed by atoms with Crippen LogP contribution in [0.25, 0.3) is 0 Å². The Morgan fingerprint density at radius 3 is 2.44 bits per heavy atom. The van der Waals surface area contributed by atoms with Gasteiger partial charge in [-0.1, -0.05) is 26.7 Å². The maximum absolute atomic E-state index is 5.87. The van der Waals surface area contributed by atoms with Gasteiger partial charge in [-0.25, -0.2) is 0 Å². The first-order chi connectivity index (χ1) is 8.74. The molecule has 3 nitrogen and oxygen atoms in total. The number of furan rings is 1. The van der Waals surface area contributed by atoms with Crippen molar-refractivity contribution < 1.29 is 4.42 Å². The van der Waals surface area contributed by atoms with Gasteiger partial charge in [-0.15, -0.1) is 0 Å². The molecule has 0 radical (unpaired) electrons. The lowest BCUT2D eigenvalue weighted by molar-refractivity contribution is 0.249. The van der Waals surface area contributed by atoms with Crippen molar-refractivity contribution in [3.63, 3.8) is 0 Å². The molecule has 0 amide bonds. The van der Waals surface area contributed by atoms with Gasteiger partial charge >= 0.3 is 0 Å². The highest BCUT2D eigenvalue weighted by atomic mass is 16.3. The molecule has 1 N–H and O–H groups in total. The quantitative estimate of drug-likeness (QED) is 0.870. The second-order valence-electron chi connectivity index (χ2n) is 5.59. The van der Waals surface area contributed by atoms with Crippen molar-refractivity contribution in [2.24, 2.45) is 0 Å². The summed E-state index contributed by atoms with van der Waals surface area (Å²) in [5.74, 6) is 2.16. The molecule has 1 aromatic rings. The van der Waals surface area contributed by atoms with Gasteiger partial charge < -0.3 is 9.73 Å².